The van der Waals surface area contributed by atoms with Gasteiger partial charge in [-0.3, -0.25) is 4.98 Å². The lowest BCUT2D eigenvalue weighted by molar-refractivity contribution is 0.505. The van der Waals surface area contributed by atoms with Crippen molar-refractivity contribution in [3.63, 3.8) is 0 Å². The molecule has 0 radical (unpaired) electrons. The zero-order valence-corrected chi connectivity index (χ0v) is 10.3. The number of halogens is 1. The number of nitrogens with one attached hydrogen (secondary N) is 1. The first-order valence-corrected chi connectivity index (χ1v) is 5.92. The minimum absolute atomic E-state index is 0.366. The van der Waals surface area contributed by atoms with Crippen LogP contribution in [-0.4, -0.2) is 11.5 Å². The monoisotopic (exact) mass is 256 g/mol. The van der Waals surface area contributed by atoms with Crippen LogP contribution in [0.1, 0.15) is 38.4 Å². The van der Waals surface area contributed by atoms with Gasteiger partial charge in [-0.05, 0) is 47.4 Å². The van der Waals surface area contributed by atoms with Crippen LogP contribution in [0.15, 0.2) is 22.8 Å². The molecule has 0 aromatic carbocycles. The Morgan fingerprint density at radius 1 is 1.50 bits per heavy atom. The van der Waals surface area contributed by atoms with E-state index < -0.39 is 0 Å². The van der Waals surface area contributed by atoms with Gasteiger partial charge in [-0.2, -0.15) is 0 Å². The fourth-order valence-corrected chi connectivity index (χ4v) is 1.94. The fraction of sp³-hybridized carbons (Fsp3) is 0.545. The van der Waals surface area contributed by atoms with Crippen LogP contribution < -0.4 is 5.32 Å². The van der Waals surface area contributed by atoms with Crippen molar-refractivity contribution in [2.75, 3.05) is 6.54 Å². The highest BCUT2D eigenvalue weighted by Crippen LogP contribution is 2.22. The van der Waals surface area contributed by atoms with Crippen molar-refractivity contribution >= 4 is 15.9 Å². The summed E-state index contributed by atoms with van der Waals surface area (Å²) >= 11 is 3.53. The zero-order valence-electron chi connectivity index (χ0n) is 8.76. The molecule has 0 aliphatic heterocycles. The van der Waals surface area contributed by atoms with Crippen LogP contribution >= 0.6 is 15.9 Å². The van der Waals surface area contributed by atoms with Gasteiger partial charge in [0.15, 0.2) is 0 Å². The largest absolute Gasteiger partial charge is 0.309 e. The molecule has 1 unspecified atom stereocenters. The van der Waals surface area contributed by atoms with Gasteiger partial charge in [0.2, 0.25) is 0 Å². The molecule has 0 amide bonds. The standard InChI is InChI=1S/C11H17BrN2/c1-3-7-13-10(4-2)11-9(12)6-5-8-14-11/h5-6,8,10,13H,3-4,7H2,1-2H3. The first kappa shape index (κ1) is 11.7. The molecular weight excluding hydrogens is 240 g/mol. The number of hydrogen-bond acceptors (Lipinski definition) is 2. The highest BCUT2D eigenvalue weighted by atomic mass is 79.9. The maximum absolute atomic E-state index is 4.39. The predicted molar refractivity (Wildman–Crippen MR) is 63.3 cm³/mol. The number of aromatic nitrogens is 1. The third-order valence-electron chi connectivity index (χ3n) is 2.17. The number of hydrogen-bond donors (Lipinski definition) is 1. The molecule has 1 aromatic rings. The quantitative estimate of drug-likeness (QED) is 0.875. The van der Waals surface area contributed by atoms with Gasteiger partial charge in [0.1, 0.15) is 0 Å². The van der Waals surface area contributed by atoms with Crippen molar-refractivity contribution < 1.29 is 0 Å². The SMILES string of the molecule is CCCNC(CC)c1ncccc1Br. The molecule has 3 heteroatoms. The molecule has 1 aromatic heterocycles. The molecule has 0 bridgehead atoms. The third kappa shape index (κ3) is 3.07. The topological polar surface area (TPSA) is 24.9 Å². The number of nitrogens with zero attached hydrogens (tertiary/aromatic N) is 1. The van der Waals surface area contributed by atoms with Crippen molar-refractivity contribution in [2.45, 2.75) is 32.7 Å². The predicted octanol–water partition coefficient (Wildman–Crippen LogP) is 3.29. The summed E-state index contributed by atoms with van der Waals surface area (Å²) < 4.78 is 1.09. The highest BCUT2D eigenvalue weighted by molar-refractivity contribution is 9.10. The molecule has 14 heavy (non-hydrogen) atoms. The second-order valence-corrected chi connectivity index (χ2v) is 4.14. The average molecular weight is 257 g/mol. The summed E-state index contributed by atoms with van der Waals surface area (Å²) in [4.78, 5) is 4.39. The molecule has 0 fully saturated rings. The molecule has 0 saturated heterocycles. The Bertz CT molecular complexity index is 276. The third-order valence-corrected chi connectivity index (χ3v) is 2.84. The molecule has 1 rings (SSSR count). The van der Waals surface area contributed by atoms with E-state index in [9.17, 15) is 0 Å². The van der Waals surface area contributed by atoms with Crippen LogP contribution in [0, 0.1) is 0 Å². The summed E-state index contributed by atoms with van der Waals surface area (Å²) in [6.07, 6.45) is 4.06. The summed E-state index contributed by atoms with van der Waals surface area (Å²) in [5.41, 5.74) is 1.11. The molecule has 1 atom stereocenters. The Morgan fingerprint density at radius 2 is 2.29 bits per heavy atom. The van der Waals surface area contributed by atoms with E-state index in [0.29, 0.717) is 6.04 Å². The maximum Gasteiger partial charge on any atom is 0.0714 e. The molecule has 1 heterocycles. The lowest BCUT2D eigenvalue weighted by atomic mass is 10.1. The molecule has 0 aliphatic rings. The zero-order chi connectivity index (χ0) is 10.4. The number of rotatable bonds is 5. The molecule has 1 N–H and O–H groups in total. The molecule has 0 saturated carbocycles. The Labute approximate surface area is 94.3 Å². The van der Waals surface area contributed by atoms with Gasteiger partial charge in [-0.25, -0.2) is 0 Å². The summed E-state index contributed by atoms with van der Waals surface area (Å²) in [5.74, 6) is 0. The van der Waals surface area contributed by atoms with Crippen molar-refractivity contribution in [3.05, 3.63) is 28.5 Å². The average Bonchev–Trinajstić information content (AvgIpc) is 2.21. The summed E-state index contributed by atoms with van der Waals surface area (Å²) in [6.45, 7) is 5.39. The van der Waals surface area contributed by atoms with E-state index >= 15 is 0 Å². The fourth-order valence-electron chi connectivity index (χ4n) is 1.41. The normalized spacial score (nSPS) is 12.8. The highest BCUT2D eigenvalue weighted by Gasteiger charge is 2.11. The summed E-state index contributed by atoms with van der Waals surface area (Å²) in [6, 6.07) is 4.35. The van der Waals surface area contributed by atoms with E-state index in [4.69, 9.17) is 0 Å². The molecule has 78 valence electrons. The minimum Gasteiger partial charge on any atom is -0.309 e. The van der Waals surface area contributed by atoms with E-state index in [-0.39, 0.29) is 0 Å². The Hall–Kier alpha value is -0.410. The second-order valence-electron chi connectivity index (χ2n) is 3.29. The van der Waals surface area contributed by atoms with E-state index in [2.05, 4.69) is 40.1 Å². The number of pyridine rings is 1. The molecule has 2 nitrogen and oxygen atoms in total. The minimum atomic E-state index is 0.366. The van der Waals surface area contributed by atoms with Crippen LogP contribution in [0.3, 0.4) is 0 Å². The van der Waals surface area contributed by atoms with E-state index in [1.54, 1.807) is 0 Å². The van der Waals surface area contributed by atoms with Crippen molar-refractivity contribution in [1.29, 1.82) is 0 Å². The molecule has 0 aliphatic carbocycles. The molecular formula is C11H17BrN2. The lowest BCUT2D eigenvalue weighted by Crippen LogP contribution is -2.22. The van der Waals surface area contributed by atoms with Crippen molar-refractivity contribution in [3.8, 4) is 0 Å². The first-order chi connectivity index (χ1) is 6.79. The summed E-state index contributed by atoms with van der Waals surface area (Å²) in [5, 5.41) is 3.48. The second kappa shape index (κ2) is 6.14. The van der Waals surface area contributed by atoms with Crippen LogP contribution in [-0.2, 0) is 0 Å². The van der Waals surface area contributed by atoms with Gasteiger partial charge in [-0.15, -0.1) is 0 Å². The first-order valence-electron chi connectivity index (χ1n) is 5.13. The van der Waals surface area contributed by atoms with Crippen LogP contribution in [0.2, 0.25) is 0 Å². The van der Waals surface area contributed by atoms with Crippen LogP contribution in [0.4, 0.5) is 0 Å². The van der Waals surface area contributed by atoms with Gasteiger partial charge in [0.25, 0.3) is 0 Å². The molecule has 0 spiro atoms. The van der Waals surface area contributed by atoms with Gasteiger partial charge >= 0.3 is 0 Å². The Kier molecular flexibility index (Phi) is 5.12. The van der Waals surface area contributed by atoms with E-state index in [1.165, 1.54) is 0 Å². The van der Waals surface area contributed by atoms with Crippen LogP contribution in [0.5, 0.6) is 0 Å². The van der Waals surface area contributed by atoms with Gasteiger partial charge in [-0.1, -0.05) is 13.8 Å². The van der Waals surface area contributed by atoms with Gasteiger partial charge in [0, 0.05) is 10.7 Å². The van der Waals surface area contributed by atoms with E-state index in [1.807, 2.05) is 18.3 Å². The van der Waals surface area contributed by atoms with E-state index in [0.717, 1.165) is 29.6 Å². The Morgan fingerprint density at radius 3 is 2.86 bits per heavy atom. The lowest BCUT2D eigenvalue weighted by Gasteiger charge is -2.16. The Balaban J connectivity index is 2.73. The van der Waals surface area contributed by atoms with Gasteiger partial charge in [0.05, 0.1) is 11.7 Å². The van der Waals surface area contributed by atoms with Crippen molar-refractivity contribution in [2.24, 2.45) is 0 Å². The maximum atomic E-state index is 4.39. The van der Waals surface area contributed by atoms with Crippen molar-refractivity contribution in [1.82, 2.24) is 10.3 Å². The smallest absolute Gasteiger partial charge is 0.0714 e. The van der Waals surface area contributed by atoms with Crippen LogP contribution in [0.25, 0.3) is 0 Å². The summed E-state index contributed by atoms with van der Waals surface area (Å²) in [7, 11) is 0. The van der Waals surface area contributed by atoms with Gasteiger partial charge < -0.3 is 5.32 Å².